The molecule has 1 N–H and O–H groups in total. The van der Waals surface area contributed by atoms with Crippen LogP contribution in [0.2, 0.25) is 0 Å². The second-order valence-electron chi connectivity index (χ2n) is 10.8. The molecule has 3 aromatic rings. The quantitative estimate of drug-likeness (QED) is 0.308. The van der Waals surface area contributed by atoms with Crippen molar-refractivity contribution in [2.45, 2.75) is 78.4 Å². The van der Waals surface area contributed by atoms with Crippen molar-refractivity contribution in [3.63, 3.8) is 0 Å². The Bertz CT molecular complexity index is 1160. The number of fused-ring (bicyclic) bond motifs is 1. The summed E-state index contributed by atoms with van der Waals surface area (Å²) in [6.45, 7) is 12.5. The van der Waals surface area contributed by atoms with Crippen molar-refractivity contribution >= 4 is 23.0 Å². The summed E-state index contributed by atoms with van der Waals surface area (Å²) in [5, 5.41) is 3.73. The maximum Gasteiger partial charge on any atom is 0.408 e. The molecule has 0 aliphatic heterocycles. The minimum atomic E-state index is -0.896. The lowest BCUT2D eigenvalue weighted by molar-refractivity contribution is -0.157. The number of aromatic nitrogens is 1. The van der Waals surface area contributed by atoms with Crippen LogP contribution in [0.1, 0.15) is 52.7 Å². The Kier molecular flexibility index (Phi) is 8.79. The number of rotatable bonds is 9. The van der Waals surface area contributed by atoms with E-state index in [2.05, 4.69) is 9.88 Å². The molecule has 0 saturated carbocycles. The number of hydrogen-bond donors (Lipinski definition) is 1. The molecule has 7 heteroatoms. The van der Waals surface area contributed by atoms with E-state index in [9.17, 15) is 9.59 Å². The summed E-state index contributed by atoms with van der Waals surface area (Å²) >= 11 is 0. The molecule has 3 rings (SSSR count). The Hall–Kier alpha value is -3.32. The number of hydrogen-bond acceptors (Lipinski definition) is 5. The molecule has 2 aromatic carbocycles. The topological polar surface area (TPSA) is 78.8 Å². The van der Waals surface area contributed by atoms with Crippen molar-refractivity contribution in [2.75, 3.05) is 6.61 Å². The maximum atomic E-state index is 13.0. The second kappa shape index (κ2) is 11.6. The molecule has 1 amide bonds. The molecular weight excluding hydrogens is 456 g/mol. The van der Waals surface area contributed by atoms with Gasteiger partial charge in [-0.3, -0.25) is 0 Å². The summed E-state index contributed by atoms with van der Waals surface area (Å²) in [5.41, 5.74) is 1.73. The summed E-state index contributed by atoms with van der Waals surface area (Å²) < 4.78 is 19.0. The van der Waals surface area contributed by atoms with Crippen molar-refractivity contribution in [1.82, 2.24) is 9.88 Å². The van der Waals surface area contributed by atoms with E-state index < -0.39 is 29.3 Å². The van der Waals surface area contributed by atoms with Crippen molar-refractivity contribution in [3.8, 4) is 0 Å². The molecule has 0 fully saturated rings. The van der Waals surface area contributed by atoms with E-state index in [0.29, 0.717) is 19.8 Å². The highest BCUT2D eigenvalue weighted by Crippen LogP contribution is 2.24. The average molecular weight is 495 g/mol. The molecule has 1 heterocycles. The van der Waals surface area contributed by atoms with Crippen LogP contribution < -0.4 is 5.32 Å². The second-order valence-corrected chi connectivity index (χ2v) is 10.8. The van der Waals surface area contributed by atoms with Gasteiger partial charge in [0, 0.05) is 30.1 Å². The average Bonchev–Trinajstić information content (AvgIpc) is 3.12. The summed E-state index contributed by atoms with van der Waals surface area (Å²) in [5.74, 6) is -0.503. The summed E-state index contributed by atoms with van der Waals surface area (Å²) in [6.07, 6.45) is 1.63. The monoisotopic (exact) mass is 494 g/mol. The predicted molar refractivity (Wildman–Crippen MR) is 141 cm³/mol. The van der Waals surface area contributed by atoms with Gasteiger partial charge in [-0.15, -0.1) is 0 Å². The molecule has 1 atom stereocenters. The van der Waals surface area contributed by atoms with Gasteiger partial charge in [0.1, 0.15) is 17.2 Å². The highest BCUT2D eigenvalue weighted by molar-refractivity contribution is 5.86. The number of esters is 1. The van der Waals surface area contributed by atoms with Crippen molar-refractivity contribution < 1.29 is 23.8 Å². The summed E-state index contributed by atoms with van der Waals surface area (Å²) in [4.78, 5) is 25.6. The van der Waals surface area contributed by atoms with Gasteiger partial charge in [0.15, 0.2) is 0 Å². The number of para-hydroxylation sites is 1. The first kappa shape index (κ1) is 27.3. The number of nitrogens with zero attached hydrogens (tertiary/aromatic N) is 1. The Morgan fingerprint density at radius 2 is 1.53 bits per heavy atom. The van der Waals surface area contributed by atoms with Crippen LogP contribution in [0.5, 0.6) is 0 Å². The molecular formula is C29H38N2O5. The number of nitrogens with one attached hydrogen (secondary N) is 1. The number of amides is 1. The van der Waals surface area contributed by atoms with Crippen molar-refractivity contribution in [1.29, 1.82) is 0 Å². The van der Waals surface area contributed by atoms with Crippen LogP contribution >= 0.6 is 0 Å². The van der Waals surface area contributed by atoms with Crippen LogP contribution in [0, 0.1) is 0 Å². The largest absolute Gasteiger partial charge is 0.458 e. The van der Waals surface area contributed by atoms with Crippen LogP contribution in [-0.4, -0.2) is 40.5 Å². The molecule has 0 unspecified atom stereocenters. The third-order valence-corrected chi connectivity index (χ3v) is 5.27. The molecule has 0 radical (unpaired) electrons. The van der Waals surface area contributed by atoms with Gasteiger partial charge in [0.25, 0.3) is 0 Å². The fourth-order valence-corrected chi connectivity index (χ4v) is 3.83. The summed E-state index contributed by atoms with van der Waals surface area (Å²) in [7, 11) is 0. The van der Waals surface area contributed by atoms with Gasteiger partial charge in [0.2, 0.25) is 0 Å². The van der Waals surface area contributed by atoms with Crippen LogP contribution in [0.15, 0.2) is 60.8 Å². The van der Waals surface area contributed by atoms with Gasteiger partial charge in [-0.05, 0) is 58.7 Å². The van der Waals surface area contributed by atoms with E-state index in [4.69, 9.17) is 14.2 Å². The normalized spacial score (nSPS) is 12.8. The highest BCUT2D eigenvalue weighted by atomic mass is 16.6. The van der Waals surface area contributed by atoms with Crippen LogP contribution in [0.25, 0.3) is 10.9 Å². The predicted octanol–water partition coefficient (Wildman–Crippen LogP) is 5.64. The minimum Gasteiger partial charge on any atom is -0.458 e. The van der Waals surface area contributed by atoms with Crippen LogP contribution in [0.3, 0.4) is 0 Å². The molecule has 0 saturated heterocycles. The fraction of sp³-hybridized carbons (Fsp3) is 0.448. The Labute approximate surface area is 213 Å². The van der Waals surface area contributed by atoms with E-state index in [0.717, 1.165) is 22.0 Å². The smallest absolute Gasteiger partial charge is 0.408 e. The van der Waals surface area contributed by atoms with Gasteiger partial charge >= 0.3 is 12.1 Å². The summed E-state index contributed by atoms with van der Waals surface area (Å²) in [6, 6.07) is 17.2. The number of carbonyl (C=O) groups is 2. The van der Waals surface area contributed by atoms with E-state index in [-0.39, 0.29) is 6.42 Å². The Morgan fingerprint density at radius 3 is 2.19 bits per heavy atom. The van der Waals surface area contributed by atoms with E-state index in [1.165, 1.54) is 0 Å². The first-order chi connectivity index (χ1) is 16.9. The van der Waals surface area contributed by atoms with Gasteiger partial charge in [-0.1, -0.05) is 48.5 Å². The van der Waals surface area contributed by atoms with Gasteiger partial charge < -0.3 is 24.1 Å². The zero-order valence-electron chi connectivity index (χ0n) is 22.2. The van der Waals surface area contributed by atoms with E-state index in [1.54, 1.807) is 41.5 Å². The molecule has 0 spiro atoms. The van der Waals surface area contributed by atoms with Crippen molar-refractivity contribution in [3.05, 3.63) is 71.9 Å². The number of benzene rings is 2. The van der Waals surface area contributed by atoms with Gasteiger partial charge in [-0.2, -0.15) is 0 Å². The molecule has 0 aliphatic carbocycles. The van der Waals surface area contributed by atoms with Gasteiger partial charge in [-0.25, -0.2) is 9.59 Å². The number of carbonyl (C=O) groups excluding carboxylic acids is 2. The fourth-order valence-electron chi connectivity index (χ4n) is 3.83. The number of alkyl carbamates (subject to hydrolysis) is 1. The van der Waals surface area contributed by atoms with E-state index >= 15 is 0 Å². The highest BCUT2D eigenvalue weighted by Gasteiger charge is 2.30. The van der Waals surface area contributed by atoms with Crippen molar-refractivity contribution in [2.24, 2.45) is 0 Å². The van der Waals surface area contributed by atoms with E-state index in [1.807, 2.05) is 60.8 Å². The molecule has 0 bridgehead atoms. The standard InChI is InChI=1S/C29H38N2O5/c1-28(2,3)35-26(32)24(30-27(33)36-29(4,5)6)18-22-19-31(25-15-11-10-14-23(22)25)16-17-34-20-21-12-8-7-9-13-21/h7-15,19,24H,16-18,20H2,1-6H3,(H,30,33)/t24-/m0/s1. The van der Waals surface area contributed by atoms with Crippen LogP contribution in [0.4, 0.5) is 4.79 Å². The lowest BCUT2D eigenvalue weighted by Gasteiger charge is -2.26. The van der Waals surface area contributed by atoms with Crippen LogP contribution in [-0.2, 0) is 38.6 Å². The zero-order valence-corrected chi connectivity index (χ0v) is 22.2. The van der Waals surface area contributed by atoms with Gasteiger partial charge in [0.05, 0.1) is 13.2 Å². The minimum absolute atomic E-state index is 0.270. The third kappa shape index (κ3) is 8.41. The first-order valence-electron chi connectivity index (χ1n) is 12.3. The lowest BCUT2D eigenvalue weighted by atomic mass is 10.0. The zero-order chi connectivity index (χ0) is 26.3. The Balaban J connectivity index is 1.77. The molecule has 1 aromatic heterocycles. The lowest BCUT2D eigenvalue weighted by Crippen LogP contribution is -2.47. The molecule has 36 heavy (non-hydrogen) atoms. The Morgan fingerprint density at radius 1 is 0.889 bits per heavy atom. The maximum absolute atomic E-state index is 13.0. The molecule has 194 valence electrons. The SMILES string of the molecule is CC(C)(C)OC(=O)N[C@@H](Cc1cn(CCOCc2ccccc2)c2ccccc12)C(=O)OC(C)(C)C. The number of ether oxygens (including phenoxy) is 3. The third-order valence-electron chi connectivity index (χ3n) is 5.27. The molecule has 7 nitrogen and oxygen atoms in total. The molecule has 0 aliphatic rings. The first-order valence-corrected chi connectivity index (χ1v) is 12.3.